The lowest BCUT2D eigenvalue weighted by Gasteiger charge is -2.21. The van der Waals surface area contributed by atoms with Crippen LogP contribution in [0.1, 0.15) is 25.0 Å². The fraction of sp³-hybridized carbons (Fsp3) is 0.625. The van der Waals surface area contributed by atoms with E-state index in [4.69, 9.17) is 19.3 Å². The summed E-state index contributed by atoms with van der Waals surface area (Å²) in [5.74, 6) is 0. The van der Waals surface area contributed by atoms with E-state index >= 15 is 0 Å². The van der Waals surface area contributed by atoms with Gasteiger partial charge in [0.05, 0.1) is 26.5 Å². The zero-order valence-corrected chi connectivity index (χ0v) is 16.2. The lowest BCUT2D eigenvalue weighted by molar-refractivity contribution is 0.219. The molecule has 0 saturated carbocycles. The van der Waals surface area contributed by atoms with Crippen LogP contribution in [-0.2, 0) is 30.5 Å². The third kappa shape index (κ3) is 6.79. The lowest BCUT2D eigenvalue weighted by Crippen LogP contribution is -2.07. The topological polar surface area (TPSA) is 93.1 Å². The molecule has 0 unspecified atom stereocenters. The van der Waals surface area contributed by atoms with Crippen molar-refractivity contribution in [2.75, 3.05) is 38.8 Å². The largest absolute Gasteiger partial charge is 0.396 e. The highest BCUT2D eigenvalue weighted by atomic mass is 31.2. The Morgan fingerprint density at radius 1 is 0.875 bits per heavy atom. The molecule has 0 aliphatic carbocycles. The second-order valence-corrected chi connectivity index (χ2v) is 10.9. The van der Waals surface area contributed by atoms with Crippen LogP contribution in [-0.4, -0.2) is 49.0 Å². The molecule has 8 heteroatoms. The highest BCUT2D eigenvalue weighted by Gasteiger charge is 2.28. The Labute approximate surface area is 144 Å². The quantitative estimate of drug-likeness (QED) is 0.542. The van der Waals surface area contributed by atoms with Gasteiger partial charge in [0.1, 0.15) is 0 Å². The van der Waals surface area contributed by atoms with E-state index in [2.05, 4.69) is 0 Å². The lowest BCUT2D eigenvalue weighted by atomic mass is 10.1. The van der Waals surface area contributed by atoms with Crippen molar-refractivity contribution in [1.29, 1.82) is 0 Å². The van der Waals surface area contributed by atoms with Crippen LogP contribution in [0.4, 0.5) is 0 Å². The van der Waals surface area contributed by atoms with Crippen molar-refractivity contribution < 1.29 is 28.4 Å². The molecule has 0 fully saturated rings. The fourth-order valence-electron chi connectivity index (χ4n) is 2.54. The van der Waals surface area contributed by atoms with Crippen LogP contribution in [0.3, 0.4) is 0 Å². The van der Waals surface area contributed by atoms with Gasteiger partial charge in [-0.2, -0.15) is 0 Å². The van der Waals surface area contributed by atoms with E-state index in [1.165, 1.54) is 0 Å². The molecule has 0 aliphatic rings. The minimum atomic E-state index is -3.25. The maximum Gasteiger partial charge on any atom is 0.335 e. The number of aliphatic hydroxyl groups is 2. The average Bonchev–Trinajstić information content (AvgIpc) is 2.50. The van der Waals surface area contributed by atoms with Gasteiger partial charge in [0.25, 0.3) is 0 Å². The summed E-state index contributed by atoms with van der Waals surface area (Å²) in [4.78, 5) is 0. The van der Waals surface area contributed by atoms with E-state index in [0.29, 0.717) is 0 Å². The van der Waals surface area contributed by atoms with Gasteiger partial charge < -0.3 is 23.8 Å². The summed E-state index contributed by atoms with van der Waals surface area (Å²) in [7, 11) is -5.99. The highest BCUT2D eigenvalue weighted by molar-refractivity contribution is 7.63. The monoisotopic (exact) mass is 378 g/mol. The molecule has 0 saturated heterocycles. The highest BCUT2D eigenvalue weighted by Crippen LogP contribution is 2.53. The van der Waals surface area contributed by atoms with Crippen molar-refractivity contribution in [3.8, 4) is 0 Å². The molecule has 2 N–H and O–H groups in total. The van der Waals surface area contributed by atoms with Crippen LogP contribution < -0.4 is 0 Å². The summed E-state index contributed by atoms with van der Waals surface area (Å²) in [6.45, 7) is 3.72. The van der Waals surface area contributed by atoms with E-state index < -0.39 is 14.7 Å². The Hall–Kier alpha value is -0.480. The third-order valence-corrected chi connectivity index (χ3v) is 8.59. The molecule has 0 amide bonds. The van der Waals surface area contributed by atoms with E-state index in [1.807, 2.05) is 24.3 Å². The minimum Gasteiger partial charge on any atom is -0.396 e. The molecule has 1 aromatic carbocycles. The zero-order valence-electron chi connectivity index (χ0n) is 14.4. The molecule has 0 spiro atoms. The van der Waals surface area contributed by atoms with Gasteiger partial charge in [-0.25, -0.2) is 0 Å². The second-order valence-electron chi connectivity index (χ2n) is 5.48. The molecular weight excluding hydrogens is 350 g/mol. The fourth-order valence-corrected chi connectivity index (χ4v) is 6.51. The van der Waals surface area contributed by atoms with Gasteiger partial charge >= 0.3 is 7.60 Å². The number of hydrogen-bond donors (Lipinski definition) is 2. The minimum absolute atomic E-state index is 0.114. The summed E-state index contributed by atoms with van der Waals surface area (Å²) in [5, 5.41) is 18.3. The predicted molar refractivity (Wildman–Crippen MR) is 96.2 cm³/mol. The van der Waals surface area contributed by atoms with Crippen LogP contribution in [0, 0.1) is 0 Å². The van der Waals surface area contributed by atoms with Gasteiger partial charge in [-0.3, -0.25) is 4.57 Å². The summed E-state index contributed by atoms with van der Waals surface area (Å²) in [6, 6.07) is 7.30. The standard InChI is InChI=1S/C16H28O6P2/c1-3-21-24(20,22-4-2)14-16-8-6-5-7-15(16)13-23(19,11-9-17)12-10-18/h5-8,17-18H,3-4,9-14H2,1-2H3. The van der Waals surface area contributed by atoms with Gasteiger partial charge in [0.15, 0.2) is 0 Å². The molecule has 1 aromatic rings. The molecule has 138 valence electrons. The van der Waals surface area contributed by atoms with Crippen molar-refractivity contribution in [2.24, 2.45) is 0 Å². The van der Waals surface area contributed by atoms with E-state index in [0.717, 1.165) is 11.1 Å². The summed E-state index contributed by atoms with van der Waals surface area (Å²) in [6.07, 6.45) is 0.693. The van der Waals surface area contributed by atoms with Crippen molar-refractivity contribution in [3.63, 3.8) is 0 Å². The van der Waals surface area contributed by atoms with Crippen molar-refractivity contribution >= 4 is 14.7 Å². The number of benzene rings is 1. The van der Waals surface area contributed by atoms with E-state index in [1.54, 1.807) is 13.8 Å². The Kier molecular flexibility index (Phi) is 9.43. The Morgan fingerprint density at radius 2 is 1.33 bits per heavy atom. The van der Waals surface area contributed by atoms with Gasteiger partial charge in [-0.1, -0.05) is 24.3 Å². The molecule has 0 aromatic heterocycles. The van der Waals surface area contributed by atoms with Crippen molar-refractivity contribution in [1.82, 2.24) is 0 Å². The first-order valence-electron chi connectivity index (χ1n) is 8.15. The number of hydrogen-bond acceptors (Lipinski definition) is 6. The maximum atomic E-state index is 12.9. The van der Waals surface area contributed by atoms with Crippen LogP contribution in [0.2, 0.25) is 0 Å². The van der Waals surface area contributed by atoms with Crippen LogP contribution in [0.5, 0.6) is 0 Å². The average molecular weight is 378 g/mol. The number of aliphatic hydroxyl groups excluding tert-OH is 2. The zero-order chi connectivity index (χ0) is 18.1. The molecule has 0 atom stereocenters. The van der Waals surface area contributed by atoms with E-state index in [9.17, 15) is 9.13 Å². The molecule has 6 nitrogen and oxygen atoms in total. The summed E-state index contributed by atoms with van der Waals surface area (Å²) in [5.41, 5.74) is 1.56. The molecule has 0 heterocycles. The normalized spacial score (nSPS) is 12.5. The Morgan fingerprint density at radius 3 is 1.75 bits per heavy atom. The summed E-state index contributed by atoms with van der Waals surface area (Å²) >= 11 is 0. The van der Waals surface area contributed by atoms with Gasteiger partial charge in [0, 0.05) is 31.7 Å². The molecule has 24 heavy (non-hydrogen) atoms. The third-order valence-electron chi connectivity index (χ3n) is 3.61. The van der Waals surface area contributed by atoms with Gasteiger partial charge in [0.2, 0.25) is 0 Å². The molecule has 0 aliphatic heterocycles. The van der Waals surface area contributed by atoms with Gasteiger partial charge in [-0.15, -0.1) is 0 Å². The van der Waals surface area contributed by atoms with Crippen molar-refractivity contribution in [3.05, 3.63) is 35.4 Å². The molecular formula is C16H28O6P2. The Bertz CT molecular complexity index is 519. The van der Waals surface area contributed by atoms with Crippen LogP contribution in [0.25, 0.3) is 0 Å². The second kappa shape index (κ2) is 10.5. The van der Waals surface area contributed by atoms with Gasteiger partial charge in [-0.05, 0) is 25.0 Å². The first kappa shape index (κ1) is 21.6. The van der Waals surface area contributed by atoms with E-state index in [-0.39, 0.29) is 51.1 Å². The van der Waals surface area contributed by atoms with Crippen molar-refractivity contribution in [2.45, 2.75) is 26.2 Å². The number of rotatable bonds is 12. The molecule has 0 bridgehead atoms. The predicted octanol–water partition coefficient (Wildman–Crippen LogP) is 3.30. The Balaban J connectivity index is 3.06. The molecule has 1 rings (SSSR count). The van der Waals surface area contributed by atoms with Crippen LogP contribution in [0.15, 0.2) is 24.3 Å². The first-order valence-corrected chi connectivity index (χ1v) is 12.1. The first-order chi connectivity index (χ1) is 11.4. The smallest absolute Gasteiger partial charge is 0.335 e. The molecule has 0 radical (unpaired) electrons. The maximum absolute atomic E-state index is 12.9. The van der Waals surface area contributed by atoms with Crippen LogP contribution >= 0.6 is 14.7 Å². The SMILES string of the molecule is CCOP(=O)(Cc1ccccc1CP(=O)(CCO)CCO)OCC. The summed E-state index contributed by atoms with van der Waals surface area (Å²) < 4.78 is 36.3.